The average molecular weight is 293 g/mol. The first-order valence-electron chi connectivity index (χ1n) is 9.08. The normalized spacial score (nSPS) is 45.4. The molecule has 0 aromatic carbocycles. The first-order valence-corrected chi connectivity index (χ1v) is 9.08. The van der Waals surface area contributed by atoms with Gasteiger partial charge in [-0.05, 0) is 55.8 Å². The summed E-state index contributed by atoms with van der Waals surface area (Å²) in [5.74, 6) is 1.67. The molecule has 1 heterocycles. The Balaban J connectivity index is 1.95. The zero-order valence-electron chi connectivity index (χ0n) is 15.3. The highest BCUT2D eigenvalue weighted by atomic mass is 15.3. The molecule has 0 aromatic rings. The number of fused-ring (bicyclic) bond motifs is 2. The van der Waals surface area contributed by atoms with Crippen LogP contribution in [0.1, 0.15) is 67.7 Å². The molecule has 1 N–H and O–H groups in total. The van der Waals surface area contributed by atoms with Crippen LogP contribution in [0.4, 0.5) is 0 Å². The van der Waals surface area contributed by atoms with Crippen LogP contribution in [0.2, 0.25) is 0 Å². The molecule has 1 aliphatic heterocycles. The zero-order chi connectivity index (χ0) is 15.6. The van der Waals surface area contributed by atoms with Gasteiger partial charge in [0.05, 0.1) is 0 Å². The van der Waals surface area contributed by atoms with Gasteiger partial charge in [0.2, 0.25) is 0 Å². The molecule has 4 unspecified atom stereocenters. The van der Waals surface area contributed by atoms with Gasteiger partial charge in [0, 0.05) is 30.7 Å². The van der Waals surface area contributed by atoms with Crippen molar-refractivity contribution < 1.29 is 0 Å². The summed E-state index contributed by atoms with van der Waals surface area (Å²) in [6.45, 7) is 19.6. The molecule has 2 aliphatic carbocycles. The fourth-order valence-electron chi connectivity index (χ4n) is 6.13. The van der Waals surface area contributed by atoms with Crippen LogP contribution in [0.5, 0.6) is 0 Å². The van der Waals surface area contributed by atoms with Gasteiger partial charge in [-0.15, -0.1) is 0 Å². The first-order chi connectivity index (χ1) is 9.57. The van der Waals surface area contributed by atoms with Crippen LogP contribution < -0.4 is 5.32 Å². The third kappa shape index (κ3) is 2.37. The average Bonchev–Trinajstić information content (AvgIpc) is 2.78. The number of nitrogens with one attached hydrogen (secondary N) is 1. The maximum absolute atomic E-state index is 3.79. The highest BCUT2D eigenvalue weighted by molar-refractivity contribution is 5.15. The van der Waals surface area contributed by atoms with Crippen LogP contribution in [0.3, 0.4) is 0 Å². The van der Waals surface area contributed by atoms with E-state index in [1.54, 1.807) is 0 Å². The van der Waals surface area contributed by atoms with Crippen molar-refractivity contribution in [2.45, 2.75) is 85.4 Å². The van der Waals surface area contributed by atoms with Crippen molar-refractivity contribution in [3.8, 4) is 0 Å². The van der Waals surface area contributed by atoms with E-state index in [1.165, 1.54) is 25.8 Å². The molecule has 2 bridgehead atoms. The van der Waals surface area contributed by atoms with Crippen molar-refractivity contribution in [3.05, 3.63) is 0 Å². The van der Waals surface area contributed by atoms with Gasteiger partial charge in [-0.1, -0.05) is 34.6 Å². The van der Waals surface area contributed by atoms with Crippen molar-refractivity contribution in [2.75, 3.05) is 13.1 Å². The second kappa shape index (κ2) is 4.71. The third-order valence-electron chi connectivity index (χ3n) is 7.09. The largest absolute Gasteiger partial charge is 0.309 e. The molecule has 0 aromatic heterocycles. The van der Waals surface area contributed by atoms with Crippen LogP contribution >= 0.6 is 0 Å². The predicted octanol–water partition coefficient (Wildman–Crippen LogP) is 3.91. The van der Waals surface area contributed by atoms with Crippen molar-refractivity contribution in [1.82, 2.24) is 10.2 Å². The number of hydrogen-bond donors (Lipinski definition) is 1. The Bertz CT molecular complexity index is 407. The molecule has 0 radical (unpaired) electrons. The van der Waals surface area contributed by atoms with E-state index in [-0.39, 0.29) is 5.54 Å². The summed E-state index contributed by atoms with van der Waals surface area (Å²) < 4.78 is 0. The van der Waals surface area contributed by atoms with E-state index in [0.29, 0.717) is 16.9 Å². The quantitative estimate of drug-likeness (QED) is 0.830. The lowest BCUT2D eigenvalue weighted by molar-refractivity contribution is -0.0625. The van der Waals surface area contributed by atoms with Crippen LogP contribution in [0, 0.1) is 22.7 Å². The first kappa shape index (κ1) is 15.8. The zero-order valence-corrected chi connectivity index (χ0v) is 15.3. The maximum Gasteiger partial charge on any atom is 0.0253 e. The third-order valence-corrected chi connectivity index (χ3v) is 7.09. The summed E-state index contributed by atoms with van der Waals surface area (Å²) in [7, 11) is 0. The molecular formula is C19H36N2. The van der Waals surface area contributed by atoms with Crippen LogP contribution in [-0.4, -0.2) is 35.6 Å². The van der Waals surface area contributed by atoms with Gasteiger partial charge < -0.3 is 5.32 Å². The molecule has 0 amide bonds. The Kier molecular flexibility index (Phi) is 3.54. The van der Waals surface area contributed by atoms with Gasteiger partial charge in [0.1, 0.15) is 0 Å². The second-order valence-electron chi connectivity index (χ2n) is 10.1. The number of rotatable bonds is 2. The molecule has 2 saturated carbocycles. The molecular weight excluding hydrogens is 256 g/mol. The topological polar surface area (TPSA) is 15.3 Å². The summed E-state index contributed by atoms with van der Waals surface area (Å²) in [6, 6.07) is 1.45. The lowest BCUT2D eigenvalue weighted by Gasteiger charge is -2.57. The van der Waals surface area contributed by atoms with Crippen molar-refractivity contribution in [1.29, 1.82) is 0 Å². The molecule has 3 aliphatic rings. The molecule has 21 heavy (non-hydrogen) atoms. The summed E-state index contributed by atoms with van der Waals surface area (Å²) in [5.41, 5.74) is 1.28. The Morgan fingerprint density at radius 1 is 1.10 bits per heavy atom. The van der Waals surface area contributed by atoms with E-state index < -0.39 is 0 Å². The Morgan fingerprint density at radius 3 is 2.29 bits per heavy atom. The van der Waals surface area contributed by atoms with Gasteiger partial charge in [-0.2, -0.15) is 0 Å². The SMILES string of the molecule is CC(C)C1CNC(C)(C)CN1C1C2(C)CCC(C2)C1(C)C. The number of piperazine rings is 1. The molecule has 1 saturated heterocycles. The molecule has 3 fully saturated rings. The lowest BCUT2D eigenvalue weighted by atomic mass is 9.66. The predicted molar refractivity (Wildman–Crippen MR) is 90.4 cm³/mol. The minimum Gasteiger partial charge on any atom is -0.309 e. The van der Waals surface area contributed by atoms with E-state index >= 15 is 0 Å². The molecule has 2 heteroatoms. The van der Waals surface area contributed by atoms with Gasteiger partial charge in [-0.3, -0.25) is 4.90 Å². The minimum absolute atomic E-state index is 0.250. The highest BCUT2D eigenvalue weighted by Gasteiger charge is 2.62. The Labute approximate surface area is 132 Å². The van der Waals surface area contributed by atoms with E-state index in [9.17, 15) is 0 Å². The Morgan fingerprint density at radius 2 is 1.76 bits per heavy atom. The smallest absolute Gasteiger partial charge is 0.0253 e. The molecule has 122 valence electrons. The summed E-state index contributed by atoms with van der Waals surface area (Å²) in [5, 5.41) is 3.79. The standard InChI is InChI=1S/C19H36N2/c1-13(2)15-11-20-17(3,4)12-21(15)16-18(5,6)14-8-9-19(16,7)10-14/h13-16,20H,8-12H2,1-7H3. The number of nitrogens with zero attached hydrogens (tertiary/aromatic N) is 1. The highest BCUT2D eigenvalue weighted by Crippen LogP contribution is 2.64. The van der Waals surface area contributed by atoms with E-state index in [2.05, 4.69) is 58.7 Å². The minimum atomic E-state index is 0.250. The molecule has 2 nitrogen and oxygen atoms in total. The van der Waals surface area contributed by atoms with E-state index in [4.69, 9.17) is 0 Å². The van der Waals surface area contributed by atoms with E-state index in [0.717, 1.165) is 24.4 Å². The summed E-state index contributed by atoms with van der Waals surface area (Å²) >= 11 is 0. The summed E-state index contributed by atoms with van der Waals surface area (Å²) in [4.78, 5) is 2.93. The van der Waals surface area contributed by atoms with Gasteiger partial charge >= 0.3 is 0 Å². The van der Waals surface area contributed by atoms with Crippen LogP contribution in [0.25, 0.3) is 0 Å². The monoisotopic (exact) mass is 292 g/mol. The van der Waals surface area contributed by atoms with Gasteiger partial charge in [0.25, 0.3) is 0 Å². The fraction of sp³-hybridized carbons (Fsp3) is 1.00. The second-order valence-corrected chi connectivity index (χ2v) is 10.1. The molecule has 3 rings (SSSR count). The van der Waals surface area contributed by atoms with Crippen molar-refractivity contribution in [2.24, 2.45) is 22.7 Å². The van der Waals surface area contributed by atoms with Crippen molar-refractivity contribution in [3.63, 3.8) is 0 Å². The van der Waals surface area contributed by atoms with E-state index in [1.807, 2.05) is 0 Å². The van der Waals surface area contributed by atoms with Crippen LogP contribution in [0.15, 0.2) is 0 Å². The Hall–Kier alpha value is -0.0800. The maximum atomic E-state index is 3.79. The van der Waals surface area contributed by atoms with Gasteiger partial charge in [-0.25, -0.2) is 0 Å². The molecule has 0 spiro atoms. The molecule has 4 atom stereocenters. The fourth-order valence-corrected chi connectivity index (χ4v) is 6.13. The summed E-state index contributed by atoms with van der Waals surface area (Å²) in [6.07, 6.45) is 4.36. The van der Waals surface area contributed by atoms with Crippen LogP contribution in [-0.2, 0) is 0 Å². The van der Waals surface area contributed by atoms with Gasteiger partial charge in [0.15, 0.2) is 0 Å². The number of hydrogen-bond acceptors (Lipinski definition) is 2. The lowest BCUT2D eigenvalue weighted by Crippen LogP contribution is -2.68. The van der Waals surface area contributed by atoms with Crippen molar-refractivity contribution >= 4 is 0 Å².